The molecule has 8 heteroatoms. The first-order chi connectivity index (χ1) is 18.5. The first-order valence-electron chi connectivity index (χ1n) is 12.6. The van der Waals surface area contributed by atoms with E-state index >= 15 is 0 Å². The molecular formula is C31H31B2NO4S. The van der Waals surface area contributed by atoms with Crippen LogP contribution in [0.2, 0.25) is 6.32 Å². The number of hydrogen-bond acceptors (Lipinski definition) is 5. The summed E-state index contributed by atoms with van der Waals surface area (Å²) < 4.78 is 11.0. The Kier molecular flexibility index (Phi) is 9.55. The molecule has 0 fully saturated rings. The van der Waals surface area contributed by atoms with Crippen LogP contribution in [0.3, 0.4) is 0 Å². The van der Waals surface area contributed by atoms with Crippen molar-refractivity contribution in [3.8, 4) is 5.75 Å². The second-order valence-electron chi connectivity index (χ2n) is 9.42. The fraction of sp³-hybridized carbons (Fsp3) is 0.194. The molecule has 5 nitrogen and oxygen atoms in total. The van der Waals surface area contributed by atoms with E-state index in [-0.39, 0.29) is 14.3 Å². The Morgan fingerprint density at radius 3 is 2.51 bits per heavy atom. The predicted octanol–water partition coefficient (Wildman–Crippen LogP) is 5.56. The molecule has 4 aromatic rings. The molecule has 2 aliphatic heterocycles. The minimum absolute atomic E-state index is 0. The van der Waals surface area contributed by atoms with Crippen LogP contribution < -0.4 is 15.7 Å². The van der Waals surface area contributed by atoms with Gasteiger partial charge in [0.15, 0.2) is 5.69 Å². The molecule has 0 spiro atoms. The van der Waals surface area contributed by atoms with Crippen LogP contribution >= 0.6 is 11.8 Å². The van der Waals surface area contributed by atoms with Gasteiger partial charge < -0.3 is 19.4 Å². The van der Waals surface area contributed by atoms with Crippen LogP contribution in [0.15, 0.2) is 94.7 Å². The molecule has 0 bridgehead atoms. The van der Waals surface area contributed by atoms with Crippen molar-refractivity contribution < 1.29 is 19.4 Å². The van der Waals surface area contributed by atoms with Crippen molar-refractivity contribution in [2.24, 2.45) is 0 Å². The van der Waals surface area contributed by atoms with E-state index in [1.54, 1.807) is 17.8 Å². The van der Waals surface area contributed by atoms with Crippen LogP contribution in [0, 0.1) is 13.5 Å². The SMILES string of the molecule is C.Cc1ccc(Sc2ccc3c(c2)B(O)OC3)cc1.[C-]#[N+]c1cccc(COc2ccc3c(c2)CCB3O)c1. The fourth-order valence-corrected chi connectivity index (χ4v) is 5.41. The molecule has 2 aliphatic rings. The summed E-state index contributed by atoms with van der Waals surface area (Å²) in [5.41, 5.74) is 7.04. The largest absolute Gasteiger partial charge is 0.491 e. The smallest absolute Gasteiger partial charge is 0.489 e. The summed E-state index contributed by atoms with van der Waals surface area (Å²) in [6.07, 6.45) is 1.70. The van der Waals surface area contributed by atoms with E-state index in [0.717, 1.165) is 45.4 Å². The van der Waals surface area contributed by atoms with Crippen molar-refractivity contribution in [1.29, 1.82) is 0 Å². The third kappa shape index (κ3) is 7.14. The lowest BCUT2D eigenvalue weighted by Crippen LogP contribution is -2.27. The Morgan fingerprint density at radius 1 is 0.923 bits per heavy atom. The molecular weight excluding hydrogens is 504 g/mol. The monoisotopic (exact) mass is 535 g/mol. The second-order valence-corrected chi connectivity index (χ2v) is 10.6. The molecule has 0 amide bonds. The first kappa shape index (κ1) is 28.5. The van der Waals surface area contributed by atoms with Gasteiger partial charge >= 0.3 is 14.0 Å². The summed E-state index contributed by atoms with van der Waals surface area (Å²) in [6, 6.07) is 27.8. The van der Waals surface area contributed by atoms with Gasteiger partial charge in [0, 0.05) is 9.79 Å². The Labute approximate surface area is 235 Å². The highest BCUT2D eigenvalue weighted by atomic mass is 32.2. The zero-order valence-corrected chi connectivity index (χ0v) is 21.9. The van der Waals surface area contributed by atoms with Crippen LogP contribution in [0.25, 0.3) is 4.85 Å². The highest BCUT2D eigenvalue weighted by molar-refractivity contribution is 7.99. The van der Waals surface area contributed by atoms with Crippen molar-refractivity contribution in [2.45, 2.75) is 50.1 Å². The molecule has 0 saturated carbocycles. The van der Waals surface area contributed by atoms with E-state index in [4.69, 9.17) is 16.0 Å². The molecule has 0 radical (unpaired) electrons. The Morgan fingerprint density at radius 2 is 1.72 bits per heavy atom. The second kappa shape index (κ2) is 13.1. The van der Waals surface area contributed by atoms with E-state index in [1.165, 1.54) is 16.0 Å². The molecule has 196 valence electrons. The number of aryl methyl sites for hydroxylation is 2. The first-order valence-corrected chi connectivity index (χ1v) is 13.4. The van der Waals surface area contributed by atoms with Gasteiger partial charge in [-0.2, -0.15) is 0 Å². The lowest BCUT2D eigenvalue weighted by molar-refractivity contribution is 0.275. The number of ether oxygens (including phenoxy) is 1. The van der Waals surface area contributed by atoms with Crippen LogP contribution in [0.4, 0.5) is 5.69 Å². The number of fused-ring (bicyclic) bond motifs is 2. The number of rotatable bonds is 5. The van der Waals surface area contributed by atoms with Crippen molar-refractivity contribution in [2.75, 3.05) is 0 Å². The van der Waals surface area contributed by atoms with Gasteiger partial charge in [-0.25, -0.2) is 4.85 Å². The van der Waals surface area contributed by atoms with Gasteiger partial charge in [0.2, 0.25) is 0 Å². The number of benzene rings is 4. The van der Waals surface area contributed by atoms with E-state index in [9.17, 15) is 10.0 Å². The average molecular weight is 535 g/mol. The van der Waals surface area contributed by atoms with Gasteiger partial charge in [-0.3, -0.25) is 0 Å². The van der Waals surface area contributed by atoms with E-state index in [1.807, 2.05) is 48.5 Å². The van der Waals surface area contributed by atoms with Crippen LogP contribution in [0.5, 0.6) is 5.75 Å². The average Bonchev–Trinajstić information content (AvgIpc) is 3.51. The van der Waals surface area contributed by atoms with Crippen molar-refractivity contribution >= 4 is 42.4 Å². The normalized spacial score (nSPS) is 13.0. The van der Waals surface area contributed by atoms with E-state index in [0.29, 0.717) is 18.9 Å². The van der Waals surface area contributed by atoms with Gasteiger partial charge in [0.05, 0.1) is 13.2 Å². The summed E-state index contributed by atoms with van der Waals surface area (Å²) in [4.78, 5) is 5.74. The topological polar surface area (TPSA) is 63.3 Å². The summed E-state index contributed by atoms with van der Waals surface area (Å²) >= 11 is 1.70. The Balaban J connectivity index is 0.000000177. The van der Waals surface area contributed by atoms with Crippen LogP contribution in [-0.2, 0) is 24.3 Å². The van der Waals surface area contributed by atoms with Crippen LogP contribution in [-0.4, -0.2) is 24.1 Å². The van der Waals surface area contributed by atoms with Crippen molar-refractivity contribution in [3.63, 3.8) is 0 Å². The van der Waals surface area contributed by atoms with Gasteiger partial charge in [-0.05, 0) is 89.7 Å². The maximum atomic E-state index is 9.77. The van der Waals surface area contributed by atoms with Crippen molar-refractivity contribution in [1.82, 2.24) is 0 Å². The summed E-state index contributed by atoms with van der Waals surface area (Å²) in [7, 11) is -0.765. The summed E-state index contributed by atoms with van der Waals surface area (Å²) in [5.74, 6) is 0.811. The van der Waals surface area contributed by atoms with Gasteiger partial charge in [0.1, 0.15) is 12.4 Å². The Bertz CT molecular complexity index is 1470. The molecule has 0 unspecified atom stereocenters. The Hall–Kier alpha value is -3.47. The molecule has 0 atom stereocenters. The van der Waals surface area contributed by atoms with E-state index < -0.39 is 7.12 Å². The minimum atomic E-state index is -0.765. The zero-order valence-electron chi connectivity index (χ0n) is 21.1. The third-order valence-corrected chi connectivity index (χ3v) is 7.64. The molecule has 0 aliphatic carbocycles. The van der Waals surface area contributed by atoms with Crippen LogP contribution in [0.1, 0.15) is 29.7 Å². The quantitative estimate of drug-likeness (QED) is 0.259. The number of hydrogen-bond donors (Lipinski definition) is 2. The molecule has 0 aromatic heterocycles. The minimum Gasteiger partial charge on any atom is -0.489 e. The standard InChI is InChI=1S/C16H14BNO2.C14H13BO2S.CH4/c1-18-14-4-2-3-12(9-14)11-20-15-5-6-16-13(10-15)7-8-17(16)19;1-10-2-5-12(6-3-10)18-13-7-4-11-9-17-15(16)14(11)8-13;/h2-6,9-10,19H,7-8,11H2;2-8,16H,9H2,1H3;1H4. The third-order valence-electron chi connectivity index (χ3n) is 6.64. The lowest BCUT2D eigenvalue weighted by atomic mass is 9.63. The maximum Gasteiger partial charge on any atom is 0.491 e. The maximum absolute atomic E-state index is 9.77. The predicted molar refractivity (Wildman–Crippen MR) is 160 cm³/mol. The van der Waals surface area contributed by atoms with Crippen molar-refractivity contribution in [3.05, 3.63) is 119 Å². The lowest BCUT2D eigenvalue weighted by Gasteiger charge is -2.09. The number of nitrogens with zero attached hydrogens (tertiary/aromatic N) is 1. The van der Waals surface area contributed by atoms with Gasteiger partial charge in [-0.1, -0.05) is 67.2 Å². The molecule has 2 N–H and O–H groups in total. The van der Waals surface area contributed by atoms with Gasteiger partial charge in [0.25, 0.3) is 0 Å². The molecule has 0 saturated heterocycles. The highest BCUT2D eigenvalue weighted by Crippen LogP contribution is 2.28. The molecule has 2 heterocycles. The molecule has 39 heavy (non-hydrogen) atoms. The van der Waals surface area contributed by atoms with E-state index in [2.05, 4.69) is 42.1 Å². The fourth-order valence-electron chi connectivity index (χ4n) is 4.54. The molecule has 6 rings (SSSR count). The van der Waals surface area contributed by atoms with Gasteiger partial charge in [-0.15, -0.1) is 0 Å². The summed E-state index contributed by atoms with van der Waals surface area (Å²) in [6.45, 7) is 9.71. The molecule has 4 aromatic carbocycles. The highest BCUT2D eigenvalue weighted by Gasteiger charge is 2.27. The summed E-state index contributed by atoms with van der Waals surface area (Å²) in [5, 5.41) is 19.4. The zero-order chi connectivity index (χ0) is 26.5.